The van der Waals surface area contributed by atoms with Crippen molar-refractivity contribution < 1.29 is 4.74 Å². The Kier molecular flexibility index (Phi) is 3.16. The Morgan fingerprint density at radius 3 is 3.08 bits per heavy atom. The van der Waals surface area contributed by atoms with Crippen molar-refractivity contribution in [2.24, 2.45) is 0 Å². The van der Waals surface area contributed by atoms with E-state index in [1.54, 1.807) is 6.07 Å². The van der Waals surface area contributed by atoms with Crippen LogP contribution in [0.5, 0.6) is 0 Å². The smallest absolute Gasteiger partial charge is 0.287 e. The van der Waals surface area contributed by atoms with E-state index >= 15 is 0 Å². The predicted molar refractivity (Wildman–Crippen MR) is 47.3 cm³/mol. The summed E-state index contributed by atoms with van der Waals surface area (Å²) in [7, 11) is 0. The van der Waals surface area contributed by atoms with Crippen molar-refractivity contribution in [1.29, 1.82) is 10.7 Å². The molecule has 1 heterocycles. The molecule has 0 fully saturated rings. The van der Waals surface area contributed by atoms with Crippen molar-refractivity contribution >= 4 is 22.6 Å². The second kappa shape index (κ2) is 4.37. The summed E-state index contributed by atoms with van der Waals surface area (Å²) in [5.41, 5.74) is 5.35. The number of ether oxygens (including phenoxy) is 1. The van der Waals surface area contributed by atoms with Crippen molar-refractivity contribution in [3.8, 4) is 6.07 Å². The Morgan fingerprint density at radius 2 is 2.54 bits per heavy atom. The molecule has 0 aromatic carbocycles. The van der Waals surface area contributed by atoms with Crippen LogP contribution < -0.4 is 5.73 Å². The van der Waals surface area contributed by atoms with Crippen LogP contribution in [-0.2, 0) is 11.2 Å². The molecule has 0 radical (unpaired) electrons. The molecule has 0 aliphatic heterocycles. The van der Waals surface area contributed by atoms with Gasteiger partial charge in [-0.1, -0.05) is 0 Å². The maximum Gasteiger partial charge on any atom is 0.287 e. The van der Waals surface area contributed by atoms with E-state index in [0.717, 1.165) is 11.5 Å². The lowest BCUT2D eigenvalue weighted by atomic mass is 10.4. The number of nitriles is 1. The minimum atomic E-state index is -0.400. The van der Waals surface area contributed by atoms with E-state index in [2.05, 4.69) is 9.36 Å². The van der Waals surface area contributed by atoms with E-state index in [1.807, 2.05) is 0 Å². The zero-order valence-corrected chi connectivity index (χ0v) is 7.47. The minimum Gasteiger partial charge on any atom is -0.470 e. The van der Waals surface area contributed by atoms with Gasteiger partial charge in [-0.05, 0) is 0 Å². The molecule has 1 aromatic heterocycles. The summed E-state index contributed by atoms with van der Waals surface area (Å²) in [5, 5.41) is 15.5. The van der Waals surface area contributed by atoms with E-state index < -0.39 is 5.90 Å². The average molecular weight is 197 g/mol. The van der Waals surface area contributed by atoms with Crippen LogP contribution >= 0.6 is 11.5 Å². The maximum atomic E-state index is 8.19. The molecule has 68 valence electrons. The van der Waals surface area contributed by atoms with Crippen LogP contribution in [0.25, 0.3) is 0 Å². The fourth-order valence-corrected chi connectivity index (χ4v) is 1.12. The number of aromatic nitrogens is 2. The molecule has 3 N–H and O–H groups in total. The fraction of sp³-hybridized carbons (Fsp3) is 0.333. The third-order valence-electron chi connectivity index (χ3n) is 1.16. The van der Waals surface area contributed by atoms with Gasteiger partial charge in [0.15, 0.2) is 11.2 Å². The predicted octanol–water partition coefficient (Wildman–Crippen LogP) is 0.180. The van der Waals surface area contributed by atoms with Gasteiger partial charge < -0.3 is 10.5 Å². The Labute approximate surface area is 78.6 Å². The van der Waals surface area contributed by atoms with E-state index in [9.17, 15) is 0 Å². The Balaban J connectivity index is 2.29. The van der Waals surface area contributed by atoms with Crippen molar-refractivity contribution in [2.75, 3.05) is 12.3 Å². The quantitative estimate of drug-likeness (QED) is 0.530. The fourth-order valence-electron chi connectivity index (χ4n) is 0.646. The molecule has 0 saturated carbocycles. The molecule has 0 bridgehead atoms. The first-order valence-corrected chi connectivity index (χ1v) is 4.19. The van der Waals surface area contributed by atoms with Crippen molar-refractivity contribution in [3.05, 3.63) is 5.82 Å². The molecule has 0 amide bonds. The molecule has 1 aromatic rings. The van der Waals surface area contributed by atoms with Gasteiger partial charge in [-0.2, -0.15) is 9.64 Å². The van der Waals surface area contributed by atoms with Crippen molar-refractivity contribution in [3.63, 3.8) is 0 Å². The van der Waals surface area contributed by atoms with Crippen LogP contribution in [0.1, 0.15) is 5.82 Å². The van der Waals surface area contributed by atoms with Gasteiger partial charge in [-0.25, -0.2) is 4.98 Å². The SMILES string of the molecule is N#CC(=N)OCCc1nsc(N)n1. The van der Waals surface area contributed by atoms with Crippen LogP contribution in [0.4, 0.5) is 5.13 Å². The zero-order valence-electron chi connectivity index (χ0n) is 6.65. The molecule has 0 aliphatic rings. The molecule has 0 aliphatic carbocycles. The van der Waals surface area contributed by atoms with Crippen LogP contribution in [-0.4, -0.2) is 21.9 Å². The lowest BCUT2D eigenvalue weighted by Gasteiger charge is -1.97. The van der Waals surface area contributed by atoms with Gasteiger partial charge in [0.25, 0.3) is 5.90 Å². The van der Waals surface area contributed by atoms with Crippen LogP contribution in [0, 0.1) is 16.7 Å². The molecule has 0 spiro atoms. The summed E-state index contributed by atoms with van der Waals surface area (Å²) in [5.74, 6) is 0.177. The Bertz CT molecular complexity index is 341. The second-order valence-corrected chi connectivity index (χ2v) is 2.87. The average Bonchev–Trinajstić information content (AvgIpc) is 2.51. The highest BCUT2D eigenvalue weighted by Crippen LogP contribution is 2.05. The Morgan fingerprint density at radius 1 is 1.77 bits per heavy atom. The van der Waals surface area contributed by atoms with Gasteiger partial charge in [-0.15, -0.1) is 0 Å². The number of hydrogen-bond acceptors (Lipinski definition) is 7. The first kappa shape index (κ1) is 9.41. The lowest BCUT2D eigenvalue weighted by molar-refractivity contribution is 0.308. The maximum absolute atomic E-state index is 8.19. The van der Waals surface area contributed by atoms with Crippen LogP contribution in [0.3, 0.4) is 0 Å². The van der Waals surface area contributed by atoms with Gasteiger partial charge in [0.2, 0.25) is 0 Å². The second-order valence-electron chi connectivity index (χ2n) is 2.09. The van der Waals surface area contributed by atoms with Gasteiger partial charge in [0, 0.05) is 18.0 Å². The Hall–Kier alpha value is -1.68. The van der Waals surface area contributed by atoms with Gasteiger partial charge in [0.05, 0.1) is 6.61 Å². The van der Waals surface area contributed by atoms with Gasteiger partial charge >= 0.3 is 0 Å². The highest BCUT2D eigenvalue weighted by Gasteiger charge is 2.01. The number of anilines is 1. The molecule has 7 heteroatoms. The van der Waals surface area contributed by atoms with Crippen LogP contribution in [0.15, 0.2) is 0 Å². The van der Waals surface area contributed by atoms with E-state index in [0.29, 0.717) is 17.4 Å². The molecule has 13 heavy (non-hydrogen) atoms. The summed E-state index contributed by atoms with van der Waals surface area (Å²) in [6.07, 6.45) is 0.456. The number of nitrogens with zero attached hydrogens (tertiary/aromatic N) is 3. The van der Waals surface area contributed by atoms with E-state index in [1.165, 1.54) is 0 Å². The lowest BCUT2D eigenvalue weighted by Crippen LogP contribution is -2.05. The molecule has 0 saturated heterocycles. The number of nitrogen functional groups attached to an aromatic ring is 1. The van der Waals surface area contributed by atoms with E-state index in [-0.39, 0.29) is 6.61 Å². The van der Waals surface area contributed by atoms with Crippen LogP contribution in [0.2, 0.25) is 0 Å². The van der Waals surface area contributed by atoms with Crippen molar-refractivity contribution in [1.82, 2.24) is 9.36 Å². The summed E-state index contributed by atoms with van der Waals surface area (Å²) in [6, 6.07) is 1.55. The van der Waals surface area contributed by atoms with Crippen molar-refractivity contribution in [2.45, 2.75) is 6.42 Å². The number of nitrogens with two attached hydrogens (primary N) is 1. The standard InChI is InChI=1S/C6H7N5OS/c7-3-4(8)12-2-1-5-10-6(9)13-11-5/h8H,1-2H2,(H2,9,10,11). The molecular formula is C6H7N5OS. The zero-order chi connectivity index (χ0) is 9.68. The largest absolute Gasteiger partial charge is 0.470 e. The van der Waals surface area contributed by atoms with Gasteiger partial charge in [-0.3, -0.25) is 5.41 Å². The number of rotatable bonds is 3. The van der Waals surface area contributed by atoms with Gasteiger partial charge in [0.1, 0.15) is 5.82 Å². The van der Waals surface area contributed by atoms with E-state index in [4.69, 9.17) is 21.1 Å². The molecule has 1 rings (SSSR count). The number of nitrogens with one attached hydrogen (secondary N) is 1. The minimum absolute atomic E-state index is 0.225. The topological polar surface area (TPSA) is 109 Å². The summed E-state index contributed by atoms with van der Waals surface area (Å²) in [4.78, 5) is 3.89. The first-order chi connectivity index (χ1) is 6.22. The monoisotopic (exact) mass is 197 g/mol. The third-order valence-corrected chi connectivity index (χ3v) is 1.74. The molecule has 0 unspecified atom stereocenters. The highest BCUT2D eigenvalue weighted by molar-refractivity contribution is 7.09. The number of hydrogen-bond donors (Lipinski definition) is 2. The summed E-state index contributed by atoms with van der Waals surface area (Å²) >= 11 is 1.11. The summed E-state index contributed by atoms with van der Waals surface area (Å²) in [6.45, 7) is 0.225. The normalized spacial score (nSPS) is 9.15. The third kappa shape index (κ3) is 3.04. The summed E-state index contributed by atoms with van der Waals surface area (Å²) < 4.78 is 8.62. The molecule has 0 atom stereocenters. The molecular weight excluding hydrogens is 190 g/mol. The molecule has 6 nitrogen and oxygen atoms in total. The first-order valence-electron chi connectivity index (χ1n) is 3.42. The highest BCUT2D eigenvalue weighted by atomic mass is 32.1.